The minimum Gasteiger partial charge on any atom is -0.493 e. The number of hydrogen-bond donors (Lipinski definition) is 0. The van der Waals surface area contributed by atoms with Crippen LogP contribution in [0.3, 0.4) is 0 Å². The van der Waals surface area contributed by atoms with Crippen molar-refractivity contribution in [1.29, 1.82) is 0 Å². The molecule has 2 rings (SSSR count). The van der Waals surface area contributed by atoms with Crippen LogP contribution in [0.2, 0.25) is 0 Å². The van der Waals surface area contributed by atoms with Crippen LogP contribution in [0.25, 0.3) is 10.8 Å². The molecule has 0 heterocycles. The van der Waals surface area contributed by atoms with E-state index >= 15 is 0 Å². The summed E-state index contributed by atoms with van der Waals surface area (Å²) in [7, 11) is 0. The van der Waals surface area contributed by atoms with Gasteiger partial charge in [0.25, 0.3) is 0 Å². The first-order valence-corrected chi connectivity index (χ1v) is 6.01. The summed E-state index contributed by atoms with van der Waals surface area (Å²) in [6.45, 7) is 2.36. The highest BCUT2D eigenvalue weighted by Gasteiger charge is 1.98. The lowest BCUT2D eigenvalue weighted by atomic mass is 10.1. The van der Waals surface area contributed by atoms with E-state index in [0.717, 1.165) is 11.1 Å². The number of rotatable bonds is 5. The van der Waals surface area contributed by atoms with Crippen LogP contribution in [0.1, 0.15) is 13.3 Å². The largest absolute Gasteiger partial charge is 0.493 e. The zero-order valence-electron chi connectivity index (χ0n) is 10.4. The Morgan fingerprint density at radius 3 is 2.61 bits per heavy atom. The second-order valence-corrected chi connectivity index (χ2v) is 4.05. The van der Waals surface area contributed by atoms with Gasteiger partial charge < -0.3 is 9.47 Å². The van der Waals surface area contributed by atoms with Crippen LogP contribution in [0.5, 0.6) is 5.75 Å². The predicted octanol–water partition coefficient (Wildman–Crippen LogP) is 3.17. The average Bonchev–Trinajstić information content (AvgIpc) is 2.38. The maximum atomic E-state index is 10.6. The molecule has 0 N–H and O–H groups in total. The standard InChI is InChI=1S/C15H16O3/c1-12(16)17-9-4-10-18-15-8-7-13-5-2-3-6-14(13)11-15/h2-3,5-8,11H,4,9-10H2,1H3. The third-order valence-corrected chi connectivity index (χ3v) is 2.58. The lowest BCUT2D eigenvalue weighted by Gasteiger charge is -2.07. The Kier molecular flexibility index (Phi) is 4.18. The van der Waals surface area contributed by atoms with Crippen molar-refractivity contribution in [2.45, 2.75) is 13.3 Å². The zero-order valence-corrected chi connectivity index (χ0v) is 10.4. The number of benzene rings is 2. The molecule has 0 saturated carbocycles. The van der Waals surface area contributed by atoms with Gasteiger partial charge in [0.2, 0.25) is 0 Å². The topological polar surface area (TPSA) is 35.5 Å². The molecule has 3 heteroatoms. The van der Waals surface area contributed by atoms with Crippen LogP contribution in [0.4, 0.5) is 0 Å². The van der Waals surface area contributed by atoms with Crippen molar-refractivity contribution in [2.24, 2.45) is 0 Å². The number of esters is 1. The van der Waals surface area contributed by atoms with E-state index in [4.69, 9.17) is 9.47 Å². The Labute approximate surface area is 106 Å². The van der Waals surface area contributed by atoms with Crippen molar-refractivity contribution in [1.82, 2.24) is 0 Å². The summed E-state index contributed by atoms with van der Waals surface area (Å²) in [5.74, 6) is 0.595. The molecule has 0 spiro atoms. The highest BCUT2D eigenvalue weighted by molar-refractivity contribution is 5.83. The number of carbonyl (C=O) groups is 1. The molecule has 0 bridgehead atoms. The molecule has 3 nitrogen and oxygen atoms in total. The second kappa shape index (κ2) is 6.05. The molecule has 0 atom stereocenters. The van der Waals surface area contributed by atoms with Crippen molar-refractivity contribution in [2.75, 3.05) is 13.2 Å². The first-order chi connectivity index (χ1) is 8.75. The molecular weight excluding hydrogens is 228 g/mol. The van der Waals surface area contributed by atoms with Crippen molar-refractivity contribution >= 4 is 16.7 Å². The number of fused-ring (bicyclic) bond motifs is 1. The van der Waals surface area contributed by atoms with Crippen molar-refractivity contribution < 1.29 is 14.3 Å². The fourth-order valence-electron chi connectivity index (χ4n) is 1.72. The van der Waals surface area contributed by atoms with Gasteiger partial charge in [0.1, 0.15) is 5.75 Å². The van der Waals surface area contributed by atoms with Gasteiger partial charge in [-0.25, -0.2) is 0 Å². The number of hydrogen-bond acceptors (Lipinski definition) is 3. The maximum absolute atomic E-state index is 10.6. The van der Waals surface area contributed by atoms with Crippen LogP contribution < -0.4 is 4.74 Å². The Bertz CT molecular complexity index is 534. The lowest BCUT2D eigenvalue weighted by Crippen LogP contribution is -2.05. The summed E-state index contributed by atoms with van der Waals surface area (Å²) < 4.78 is 10.4. The van der Waals surface area contributed by atoms with Crippen LogP contribution in [0, 0.1) is 0 Å². The monoisotopic (exact) mass is 244 g/mol. The van der Waals surface area contributed by atoms with E-state index in [-0.39, 0.29) is 5.97 Å². The van der Waals surface area contributed by atoms with E-state index in [2.05, 4.69) is 12.1 Å². The molecule has 2 aromatic carbocycles. The first kappa shape index (κ1) is 12.4. The van der Waals surface area contributed by atoms with Crippen LogP contribution in [-0.2, 0) is 9.53 Å². The van der Waals surface area contributed by atoms with Crippen LogP contribution in [0.15, 0.2) is 42.5 Å². The molecule has 0 saturated heterocycles. The van der Waals surface area contributed by atoms with Crippen LogP contribution in [-0.4, -0.2) is 19.2 Å². The van der Waals surface area contributed by atoms with Gasteiger partial charge in [-0.05, 0) is 22.9 Å². The van der Waals surface area contributed by atoms with Gasteiger partial charge in [-0.1, -0.05) is 30.3 Å². The third-order valence-electron chi connectivity index (χ3n) is 2.58. The summed E-state index contributed by atoms with van der Waals surface area (Å²) >= 11 is 0. The molecule has 0 unspecified atom stereocenters. The van der Waals surface area contributed by atoms with E-state index in [1.54, 1.807) is 0 Å². The van der Waals surface area contributed by atoms with Crippen molar-refractivity contribution in [3.05, 3.63) is 42.5 Å². The minimum absolute atomic E-state index is 0.249. The zero-order chi connectivity index (χ0) is 12.8. The first-order valence-electron chi connectivity index (χ1n) is 6.01. The van der Waals surface area contributed by atoms with Gasteiger partial charge in [-0.3, -0.25) is 4.79 Å². The summed E-state index contributed by atoms with van der Waals surface area (Å²) in [4.78, 5) is 10.6. The molecule has 0 aromatic heterocycles. The predicted molar refractivity (Wildman–Crippen MR) is 70.7 cm³/mol. The second-order valence-electron chi connectivity index (χ2n) is 4.05. The van der Waals surface area contributed by atoms with E-state index in [0.29, 0.717) is 19.6 Å². The quantitative estimate of drug-likeness (QED) is 0.598. The molecule has 2 aromatic rings. The number of ether oxygens (including phenoxy) is 2. The van der Waals surface area contributed by atoms with Gasteiger partial charge in [0.05, 0.1) is 13.2 Å². The number of carbonyl (C=O) groups excluding carboxylic acids is 1. The van der Waals surface area contributed by atoms with Gasteiger partial charge >= 0.3 is 5.97 Å². The molecule has 18 heavy (non-hydrogen) atoms. The minimum atomic E-state index is -0.249. The molecule has 0 aliphatic heterocycles. The van der Waals surface area contributed by atoms with Crippen molar-refractivity contribution in [3.63, 3.8) is 0 Å². The normalized spacial score (nSPS) is 10.3. The maximum Gasteiger partial charge on any atom is 0.302 e. The summed E-state index contributed by atoms with van der Waals surface area (Å²) in [6.07, 6.45) is 0.701. The third kappa shape index (κ3) is 3.48. The highest BCUT2D eigenvalue weighted by atomic mass is 16.5. The highest BCUT2D eigenvalue weighted by Crippen LogP contribution is 2.20. The summed E-state index contributed by atoms with van der Waals surface area (Å²) in [6, 6.07) is 14.2. The van der Waals surface area contributed by atoms with Gasteiger partial charge in [0.15, 0.2) is 0 Å². The molecule has 94 valence electrons. The van der Waals surface area contributed by atoms with E-state index in [9.17, 15) is 4.79 Å². The average molecular weight is 244 g/mol. The van der Waals surface area contributed by atoms with E-state index < -0.39 is 0 Å². The van der Waals surface area contributed by atoms with E-state index in [1.807, 2.05) is 30.3 Å². The molecule has 0 aliphatic rings. The van der Waals surface area contributed by atoms with Crippen LogP contribution >= 0.6 is 0 Å². The van der Waals surface area contributed by atoms with Gasteiger partial charge in [-0.2, -0.15) is 0 Å². The summed E-state index contributed by atoms with van der Waals surface area (Å²) in [5.41, 5.74) is 0. The Morgan fingerprint density at radius 1 is 1.06 bits per heavy atom. The fraction of sp³-hybridized carbons (Fsp3) is 0.267. The SMILES string of the molecule is CC(=O)OCCCOc1ccc2ccccc2c1. The van der Waals surface area contributed by atoms with E-state index in [1.165, 1.54) is 12.3 Å². The Hall–Kier alpha value is -2.03. The molecular formula is C15H16O3. The molecule has 0 aliphatic carbocycles. The molecule has 0 amide bonds. The van der Waals surface area contributed by atoms with Crippen molar-refractivity contribution in [3.8, 4) is 5.75 Å². The Balaban J connectivity index is 1.86. The smallest absolute Gasteiger partial charge is 0.302 e. The van der Waals surface area contributed by atoms with Gasteiger partial charge in [0, 0.05) is 13.3 Å². The Morgan fingerprint density at radius 2 is 1.83 bits per heavy atom. The summed E-state index contributed by atoms with van der Waals surface area (Å²) in [5, 5.41) is 2.36. The lowest BCUT2D eigenvalue weighted by molar-refractivity contribution is -0.141. The van der Waals surface area contributed by atoms with Gasteiger partial charge in [-0.15, -0.1) is 0 Å². The fourth-order valence-corrected chi connectivity index (χ4v) is 1.72. The molecule has 0 radical (unpaired) electrons. The molecule has 0 fully saturated rings.